The van der Waals surface area contributed by atoms with E-state index in [0.29, 0.717) is 0 Å². The van der Waals surface area contributed by atoms with Gasteiger partial charge in [-0.25, -0.2) is 0 Å². The number of likely N-dealkylation sites (tertiary alicyclic amines) is 1. The van der Waals surface area contributed by atoms with E-state index in [4.69, 9.17) is 11.0 Å². The first kappa shape index (κ1) is 16.1. The summed E-state index contributed by atoms with van der Waals surface area (Å²) < 4.78 is 0. The molecule has 23 heavy (non-hydrogen) atoms. The fourth-order valence-corrected chi connectivity index (χ4v) is 2.06. The number of hydrogen-bond donors (Lipinski definition) is 4. The van der Waals surface area contributed by atoms with Crippen molar-refractivity contribution in [1.29, 1.82) is 5.26 Å². The van der Waals surface area contributed by atoms with E-state index in [9.17, 15) is 30.2 Å². The molecule has 5 N–H and O–H groups in total. The summed E-state index contributed by atoms with van der Waals surface area (Å²) in [6.07, 6.45) is 0. The third-order valence-electron chi connectivity index (χ3n) is 3.30. The number of amides is 1. The molecule has 0 bridgehead atoms. The minimum absolute atomic E-state index is 0.208. The average Bonchev–Trinajstić information content (AvgIpc) is 2.46. The molecule has 1 aliphatic rings. The highest BCUT2D eigenvalue weighted by atomic mass is 16.6. The van der Waals surface area contributed by atoms with E-state index < -0.39 is 39.3 Å². The Morgan fingerprint density at radius 1 is 1.43 bits per heavy atom. The lowest BCUT2D eigenvalue weighted by atomic mass is 10.0. The molecule has 1 amide bonds. The number of nitrogens with two attached hydrogens (primary N) is 1. The molecule has 10 heteroatoms. The fraction of sp³-hybridized carbons (Fsp3) is 0.231. The third kappa shape index (κ3) is 2.85. The van der Waals surface area contributed by atoms with Gasteiger partial charge in [-0.05, 0) is 6.07 Å². The molecule has 1 heterocycles. The Morgan fingerprint density at radius 3 is 2.52 bits per heavy atom. The molecule has 1 aromatic rings. The molecular formula is C13H12N4O6. The SMILES string of the molecule is N#C/C(C(=O)N1CC(N)C1)=C(/O)c1cc(O)c(O)c([N+](=O)[O-])c1. The van der Waals surface area contributed by atoms with Crippen molar-refractivity contribution < 1.29 is 25.0 Å². The van der Waals surface area contributed by atoms with Crippen LogP contribution in [-0.4, -0.2) is 50.2 Å². The van der Waals surface area contributed by atoms with Gasteiger partial charge in [-0.1, -0.05) is 0 Å². The number of hydrogen-bond acceptors (Lipinski definition) is 8. The predicted octanol–water partition coefficient (Wildman–Crippen LogP) is -0.0318. The zero-order chi connectivity index (χ0) is 17.3. The smallest absolute Gasteiger partial charge is 0.315 e. The molecule has 1 saturated heterocycles. The number of nitriles is 1. The maximum atomic E-state index is 12.1. The van der Waals surface area contributed by atoms with Crippen molar-refractivity contribution in [3.63, 3.8) is 0 Å². The van der Waals surface area contributed by atoms with Crippen molar-refractivity contribution in [2.75, 3.05) is 13.1 Å². The van der Waals surface area contributed by atoms with Crippen LogP contribution in [0.4, 0.5) is 5.69 Å². The van der Waals surface area contributed by atoms with Crippen molar-refractivity contribution in [2.45, 2.75) is 6.04 Å². The molecule has 10 nitrogen and oxygen atoms in total. The van der Waals surface area contributed by atoms with Crippen molar-refractivity contribution in [3.05, 3.63) is 33.4 Å². The van der Waals surface area contributed by atoms with Crippen LogP contribution in [0.2, 0.25) is 0 Å². The first-order valence-corrected chi connectivity index (χ1v) is 6.35. The number of phenols is 2. The first-order valence-electron chi connectivity index (χ1n) is 6.35. The van der Waals surface area contributed by atoms with Gasteiger partial charge in [0.05, 0.1) is 4.92 Å². The standard InChI is InChI=1S/C13H12N4O6/c14-3-8(13(21)16-4-7(15)5-16)11(19)6-1-9(17(22)23)12(20)10(18)2-6/h1-2,7,18-20H,4-5,15H2/b11-8-. The summed E-state index contributed by atoms with van der Waals surface area (Å²) in [5, 5.41) is 48.8. The Hall–Kier alpha value is -3.32. The van der Waals surface area contributed by atoms with Crippen molar-refractivity contribution in [1.82, 2.24) is 4.90 Å². The zero-order valence-electron chi connectivity index (χ0n) is 11.6. The number of benzene rings is 1. The molecule has 1 aliphatic heterocycles. The third-order valence-corrected chi connectivity index (χ3v) is 3.30. The topological polar surface area (TPSA) is 174 Å². The van der Waals surface area contributed by atoms with Crippen molar-refractivity contribution >= 4 is 17.4 Å². The summed E-state index contributed by atoms with van der Waals surface area (Å²) in [7, 11) is 0. The molecule has 0 atom stereocenters. The van der Waals surface area contributed by atoms with Gasteiger partial charge in [0.2, 0.25) is 5.75 Å². The number of rotatable bonds is 3. The molecule has 0 radical (unpaired) electrons. The van der Waals surface area contributed by atoms with E-state index in [1.165, 1.54) is 11.0 Å². The molecular weight excluding hydrogens is 308 g/mol. The van der Waals surface area contributed by atoms with Gasteiger partial charge in [-0.3, -0.25) is 14.9 Å². The number of nitro groups is 1. The number of aliphatic hydroxyl groups excluding tert-OH is 1. The zero-order valence-corrected chi connectivity index (χ0v) is 11.6. The van der Waals surface area contributed by atoms with Crippen LogP contribution < -0.4 is 5.73 Å². The summed E-state index contributed by atoms with van der Waals surface area (Å²) in [5.41, 5.74) is 3.67. The highest BCUT2D eigenvalue weighted by Crippen LogP contribution is 2.38. The van der Waals surface area contributed by atoms with Gasteiger partial charge >= 0.3 is 5.69 Å². The molecule has 0 aromatic heterocycles. The van der Waals surface area contributed by atoms with E-state index in [2.05, 4.69) is 0 Å². The van der Waals surface area contributed by atoms with Crippen molar-refractivity contribution in [3.8, 4) is 17.6 Å². The van der Waals surface area contributed by atoms with E-state index in [0.717, 1.165) is 12.1 Å². The Bertz CT molecular complexity index is 760. The van der Waals surface area contributed by atoms with Gasteiger partial charge in [-0.2, -0.15) is 5.26 Å². The highest BCUT2D eigenvalue weighted by molar-refractivity contribution is 6.04. The van der Waals surface area contributed by atoms with Crippen LogP contribution in [0.1, 0.15) is 5.56 Å². The lowest BCUT2D eigenvalue weighted by Gasteiger charge is -2.36. The maximum Gasteiger partial charge on any atom is 0.315 e. The molecule has 0 saturated carbocycles. The van der Waals surface area contributed by atoms with E-state index in [1.807, 2.05) is 0 Å². The van der Waals surface area contributed by atoms with Gasteiger partial charge in [0, 0.05) is 30.8 Å². The lowest BCUT2D eigenvalue weighted by Crippen LogP contribution is -2.58. The maximum absolute atomic E-state index is 12.1. The largest absolute Gasteiger partial charge is 0.506 e. The molecule has 2 rings (SSSR count). The number of aliphatic hydroxyl groups is 1. The van der Waals surface area contributed by atoms with Crippen LogP contribution in [0.15, 0.2) is 17.7 Å². The number of phenolic OH excluding ortho intramolecular Hbond substituents is 2. The molecule has 0 aliphatic carbocycles. The van der Waals surface area contributed by atoms with Crippen molar-refractivity contribution in [2.24, 2.45) is 5.73 Å². The van der Waals surface area contributed by atoms with Crippen LogP contribution >= 0.6 is 0 Å². The second-order valence-corrected chi connectivity index (χ2v) is 4.93. The van der Waals surface area contributed by atoms with Gasteiger partial charge in [0.1, 0.15) is 11.8 Å². The van der Waals surface area contributed by atoms with Gasteiger partial charge < -0.3 is 26.0 Å². The number of nitro benzene ring substituents is 1. The monoisotopic (exact) mass is 320 g/mol. The molecule has 120 valence electrons. The quantitative estimate of drug-likeness (QED) is 0.150. The average molecular weight is 320 g/mol. The number of aromatic hydroxyl groups is 2. The van der Waals surface area contributed by atoms with E-state index in [-0.39, 0.29) is 24.7 Å². The summed E-state index contributed by atoms with van der Waals surface area (Å²) in [6, 6.07) is 2.88. The summed E-state index contributed by atoms with van der Waals surface area (Å²) in [5.74, 6) is -3.46. The van der Waals surface area contributed by atoms with E-state index >= 15 is 0 Å². The second-order valence-electron chi connectivity index (χ2n) is 4.93. The fourth-order valence-electron chi connectivity index (χ4n) is 2.06. The van der Waals surface area contributed by atoms with Crippen LogP contribution in [0.3, 0.4) is 0 Å². The second kappa shape index (κ2) is 5.82. The van der Waals surface area contributed by atoms with Gasteiger partial charge in [0.15, 0.2) is 11.3 Å². The number of carbonyl (C=O) groups is 1. The van der Waals surface area contributed by atoms with Crippen LogP contribution in [-0.2, 0) is 4.79 Å². The summed E-state index contributed by atoms with van der Waals surface area (Å²) in [6.45, 7) is 0.441. The summed E-state index contributed by atoms with van der Waals surface area (Å²) in [4.78, 5) is 23.1. The van der Waals surface area contributed by atoms with Gasteiger partial charge in [0.25, 0.3) is 5.91 Å². The Labute approximate surface area is 129 Å². The Balaban J connectivity index is 2.48. The minimum atomic E-state index is -0.981. The normalized spacial score (nSPS) is 15.4. The highest BCUT2D eigenvalue weighted by Gasteiger charge is 2.32. The molecule has 0 unspecified atom stereocenters. The van der Waals surface area contributed by atoms with Crippen LogP contribution in [0, 0.1) is 21.4 Å². The molecule has 1 fully saturated rings. The minimum Gasteiger partial charge on any atom is -0.506 e. The Morgan fingerprint density at radius 2 is 2.04 bits per heavy atom. The first-order chi connectivity index (χ1) is 10.8. The number of carbonyl (C=O) groups excluding carboxylic acids is 1. The lowest BCUT2D eigenvalue weighted by molar-refractivity contribution is -0.386. The molecule has 0 spiro atoms. The van der Waals surface area contributed by atoms with Gasteiger partial charge in [-0.15, -0.1) is 0 Å². The molecule has 1 aromatic carbocycles. The van der Waals surface area contributed by atoms with Crippen LogP contribution in [0.5, 0.6) is 11.5 Å². The van der Waals surface area contributed by atoms with E-state index in [1.54, 1.807) is 0 Å². The predicted molar refractivity (Wildman–Crippen MR) is 76.1 cm³/mol. The van der Waals surface area contributed by atoms with Crippen LogP contribution in [0.25, 0.3) is 5.76 Å². The summed E-state index contributed by atoms with van der Waals surface area (Å²) >= 11 is 0. The Kier molecular flexibility index (Phi) is 4.06. The number of nitrogens with zero attached hydrogens (tertiary/aromatic N) is 3.